The smallest absolute Gasteiger partial charge is 0.176 e. The molecule has 1 fully saturated rings. The van der Waals surface area contributed by atoms with Gasteiger partial charge in [0.15, 0.2) is 6.23 Å². The lowest BCUT2D eigenvalue weighted by Gasteiger charge is -1.88. The van der Waals surface area contributed by atoms with E-state index in [1.54, 1.807) is 0 Å². The third-order valence-corrected chi connectivity index (χ3v) is 2.00. The van der Waals surface area contributed by atoms with E-state index in [1.807, 2.05) is 66.7 Å². The molecule has 0 bridgehead atoms. The minimum absolute atomic E-state index is 0.159. The van der Waals surface area contributed by atoms with Crippen molar-refractivity contribution in [1.29, 1.82) is 0 Å². The monoisotopic (exact) mass is 199 g/mol. The Hall–Kier alpha value is -1.64. The number of benzene rings is 2. The second-order valence-electron chi connectivity index (χ2n) is 3.18. The molecular formula is C13H13NO. The quantitative estimate of drug-likeness (QED) is 0.716. The minimum atomic E-state index is 0.159. The summed E-state index contributed by atoms with van der Waals surface area (Å²) in [5.41, 5.74) is 3.94. The van der Waals surface area contributed by atoms with E-state index in [1.165, 1.54) is 5.56 Å². The van der Waals surface area contributed by atoms with Crippen molar-refractivity contribution in [2.75, 3.05) is 0 Å². The number of hydrogen-bond acceptors (Lipinski definition) is 2. The highest BCUT2D eigenvalue weighted by Crippen LogP contribution is 2.21. The van der Waals surface area contributed by atoms with Crippen molar-refractivity contribution >= 4 is 0 Å². The van der Waals surface area contributed by atoms with E-state index in [0.717, 1.165) is 0 Å². The van der Waals surface area contributed by atoms with Crippen LogP contribution in [0.2, 0.25) is 0 Å². The molecule has 1 N–H and O–H groups in total. The van der Waals surface area contributed by atoms with Crippen LogP contribution in [0, 0.1) is 0 Å². The molecule has 1 atom stereocenters. The fourth-order valence-corrected chi connectivity index (χ4v) is 1.18. The van der Waals surface area contributed by atoms with Crippen LogP contribution < -0.4 is 5.48 Å². The van der Waals surface area contributed by atoms with Gasteiger partial charge in [0.25, 0.3) is 0 Å². The Morgan fingerprint density at radius 1 is 0.733 bits per heavy atom. The highest BCUT2D eigenvalue weighted by atomic mass is 16.8. The molecule has 0 aromatic heterocycles. The first-order valence-corrected chi connectivity index (χ1v) is 4.93. The molecule has 2 heteroatoms. The van der Waals surface area contributed by atoms with Crippen LogP contribution in [0.3, 0.4) is 0 Å². The zero-order valence-electron chi connectivity index (χ0n) is 8.34. The molecule has 0 aliphatic carbocycles. The summed E-state index contributed by atoms with van der Waals surface area (Å²) in [7, 11) is 0. The normalized spacial score (nSPS) is 17.5. The van der Waals surface area contributed by atoms with Crippen LogP contribution >= 0.6 is 0 Å². The molecule has 1 unspecified atom stereocenters. The molecule has 0 spiro atoms. The van der Waals surface area contributed by atoms with Crippen LogP contribution in [0.5, 0.6) is 0 Å². The molecule has 1 aliphatic heterocycles. The van der Waals surface area contributed by atoms with Crippen molar-refractivity contribution in [2.45, 2.75) is 6.23 Å². The Labute approximate surface area is 89.5 Å². The van der Waals surface area contributed by atoms with E-state index in [-0.39, 0.29) is 6.23 Å². The summed E-state index contributed by atoms with van der Waals surface area (Å²) in [5, 5.41) is 0. The average molecular weight is 199 g/mol. The molecule has 15 heavy (non-hydrogen) atoms. The predicted octanol–water partition coefficient (Wildman–Crippen LogP) is 2.91. The van der Waals surface area contributed by atoms with Gasteiger partial charge in [-0.2, -0.15) is 5.48 Å². The van der Waals surface area contributed by atoms with Gasteiger partial charge in [-0.25, -0.2) is 0 Å². The van der Waals surface area contributed by atoms with Gasteiger partial charge < -0.3 is 0 Å². The Morgan fingerprint density at radius 3 is 1.53 bits per heavy atom. The van der Waals surface area contributed by atoms with Crippen LogP contribution in [0.1, 0.15) is 11.8 Å². The van der Waals surface area contributed by atoms with Crippen LogP contribution in [0.15, 0.2) is 66.7 Å². The lowest BCUT2D eigenvalue weighted by Crippen LogP contribution is -1.80. The molecule has 76 valence electrons. The van der Waals surface area contributed by atoms with E-state index in [9.17, 15) is 0 Å². The third kappa shape index (κ3) is 3.54. The summed E-state index contributed by atoms with van der Waals surface area (Å²) in [6, 6.07) is 22.1. The SMILES string of the molecule is c1ccc(C2NO2)cc1.c1ccccc1. The number of hydroxylamine groups is 1. The zero-order chi connectivity index (χ0) is 10.3. The van der Waals surface area contributed by atoms with Gasteiger partial charge in [0.05, 0.1) is 0 Å². The molecule has 2 aromatic rings. The minimum Gasteiger partial charge on any atom is -0.273 e. The predicted molar refractivity (Wildman–Crippen MR) is 59.8 cm³/mol. The topological polar surface area (TPSA) is 34.5 Å². The zero-order valence-corrected chi connectivity index (χ0v) is 8.34. The fraction of sp³-hybridized carbons (Fsp3) is 0.0769. The standard InChI is InChI=1S/C7H7NO.C6H6/c1-2-4-6(5-3-1)7-8-9-7;1-2-4-6-5-3-1/h1-5,7-8H;1-6H. The fourth-order valence-electron chi connectivity index (χ4n) is 1.18. The van der Waals surface area contributed by atoms with E-state index in [4.69, 9.17) is 4.84 Å². The maximum atomic E-state index is 4.84. The molecule has 0 amide bonds. The summed E-state index contributed by atoms with van der Waals surface area (Å²) in [5.74, 6) is 0. The van der Waals surface area contributed by atoms with Crippen molar-refractivity contribution in [3.8, 4) is 0 Å². The van der Waals surface area contributed by atoms with Gasteiger partial charge in [-0.1, -0.05) is 66.7 Å². The van der Waals surface area contributed by atoms with Crippen molar-refractivity contribution in [3.63, 3.8) is 0 Å². The number of rotatable bonds is 1. The van der Waals surface area contributed by atoms with Crippen molar-refractivity contribution < 1.29 is 4.84 Å². The van der Waals surface area contributed by atoms with Gasteiger partial charge in [-0.3, -0.25) is 4.84 Å². The molecule has 0 saturated carbocycles. The molecule has 0 radical (unpaired) electrons. The maximum absolute atomic E-state index is 4.84. The van der Waals surface area contributed by atoms with Crippen molar-refractivity contribution in [3.05, 3.63) is 72.3 Å². The third-order valence-electron chi connectivity index (χ3n) is 2.00. The molecule has 1 aliphatic rings. The molecule has 1 heterocycles. The van der Waals surface area contributed by atoms with E-state index >= 15 is 0 Å². The Balaban J connectivity index is 0.000000124. The van der Waals surface area contributed by atoms with Gasteiger partial charge in [-0.05, 0) is 5.56 Å². The summed E-state index contributed by atoms with van der Waals surface area (Å²) < 4.78 is 0. The Bertz CT molecular complexity index is 344. The summed E-state index contributed by atoms with van der Waals surface area (Å²) in [6.45, 7) is 0. The van der Waals surface area contributed by atoms with Crippen LogP contribution in [0.25, 0.3) is 0 Å². The van der Waals surface area contributed by atoms with E-state index in [2.05, 4.69) is 5.48 Å². The highest BCUT2D eigenvalue weighted by Gasteiger charge is 2.23. The van der Waals surface area contributed by atoms with Crippen LogP contribution in [-0.2, 0) is 4.84 Å². The first-order valence-electron chi connectivity index (χ1n) is 4.93. The first kappa shape index (κ1) is 9.90. The second kappa shape index (κ2) is 5.29. The Kier molecular flexibility index (Phi) is 3.49. The van der Waals surface area contributed by atoms with Crippen molar-refractivity contribution in [1.82, 2.24) is 5.48 Å². The largest absolute Gasteiger partial charge is 0.273 e. The van der Waals surface area contributed by atoms with Crippen molar-refractivity contribution in [2.24, 2.45) is 0 Å². The molecule has 3 rings (SSSR count). The Morgan fingerprint density at radius 2 is 1.13 bits per heavy atom. The van der Waals surface area contributed by atoms with E-state index in [0.29, 0.717) is 0 Å². The molecule has 2 nitrogen and oxygen atoms in total. The number of hydrogen-bond donors (Lipinski definition) is 1. The highest BCUT2D eigenvalue weighted by molar-refractivity contribution is 5.18. The lowest BCUT2D eigenvalue weighted by atomic mass is 10.2. The lowest BCUT2D eigenvalue weighted by molar-refractivity contribution is 0.374. The van der Waals surface area contributed by atoms with Gasteiger partial charge >= 0.3 is 0 Å². The maximum Gasteiger partial charge on any atom is 0.176 e. The van der Waals surface area contributed by atoms with Gasteiger partial charge in [0, 0.05) is 0 Å². The second-order valence-corrected chi connectivity index (χ2v) is 3.18. The van der Waals surface area contributed by atoms with E-state index < -0.39 is 0 Å². The summed E-state index contributed by atoms with van der Waals surface area (Å²) in [6.07, 6.45) is 0.159. The van der Waals surface area contributed by atoms with Crippen LogP contribution in [0.4, 0.5) is 0 Å². The summed E-state index contributed by atoms with van der Waals surface area (Å²) >= 11 is 0. The average Bonchev–Trinajstić information content (AvgIpc) is 3.17. The van der Waals surface area contributed by atoms with Crippen LogP contribution in [-0.4, -0.2) is 0 Å². The van der Waals surface area contributed by atoms with Gasteiger partial charge in [0.2, 0.25) is 0 Å². The molecule has 1 saturated heterocycles. The number of nitrogens with one attached hydrogen (secondary N) is 1. The molecule has 2 aromatic carbocycles. The first-order chi connectivity index (χ1) is 7.47. The summed E-state index contributed by atoms with van der Waals surface area (Å²) in [4.78, 5) is 4.84. The van der Waals surface area contributed by atoms with Gasteiger partial charge in [0.1, 0.15) is 0 Å². The molecular weight excluding hydrogens is 186 g/mol. The van der Waals surface area contributed by atoms with Gasteiger partial charge in [-0.15, -0.1) is 0 Å².